The van der Waals surface area contributed by atoms with Crippen LogP contribution < -0.4 is 4.74 Å². The van der Waals surface area contributed by atoms with Crippen LogP contribution in [0, 0.1) is 25.7 Å². The highest BCUT2D eigenvalue weighted by molar-refractivity contribution is 7.99. The molecule has 1 fully saturated rings. The first kappa shape index (κ1) is 19.7. The zero-order chi connectivity index (χ0) is 19.4. The summed E-state index contributed by atoms with van der Waals surface area (Å²) >= 11 is 1.29. The Morgan fingerprint density at radius 1 is 1.26 bits per heavy atom. The van der Waals surface area contributed by atoms with Crippen molar-refractivity contribution in [1.29, 1.82) is 0 Å². The van der Waals surface area contributed by atoms with E-state index in [9.17, 15) is 4.79 Å². The largest absolute Gasteiger partial charge is 0.484 e. The average Bonchev–Trinajstić information content (AvgIpc) is 3.07. The van der Waals surface area contributed by atoms with Crippen LogP contribution in [0.5, 0.6) is 5.75 Å². The standard InChI is InChI=1S/C20H27N3O3S/c1-13-5-6-16(4)17(8-13)25-11-18-21-22-20(26-18)27-12-19(24)23-9-14(2)7-15(3)10-23/h5-6,8,14-15H,7,9-12H2,1-4H3. The van der Waals surface area contributed by atoms with Gasteiger partial charge in [-0.3, -0.25) is 4.79 Å². The van der Waals surface area contributed by atoms with Crippen LogP contribution in [0.15, 0.2) is 27.8 Å². The first-order chi connectivity index (χ1) is 12.9. The van der Waals surface area contributed by atoms with Crippen molar-refractivity contribution in [1.82, 2.24) is 15.1 Å². The molecule has 0 bridgehead atoms. The Morgan fingerprint density at radius 2 is 2.00 bits per heavy atom. The molecule has 3 rings (SSSR count). The zero-order valence-electron chi connectivity index (χ0n) is 16.4. The minimum absolute atomic E-state index is 0.129. The Kier molecular flexibility index (Phi) is 6.42. The van der Waals surface area contributed by atoms with Crippen molar-refractivity contribution < 1.29 is 13.9 Å². The molecule has 146 valence electrons. The van der Waals surface area contributed by atoms with Gasteiger partial charge in [0.2, 0.25) is 5.91 Å². The molecule has 1 aliphatic heterocycles. The molecule has 2 aromatic rings. The minimum atomic E-state index is 0.129. The number of carbonyl (C=O) groups excluding carboxylic acids is 1. The maximum absolute atomic E-state index is 12.4. The van der Waals surface area contributed by atoms with Crippen LogP contribution >= 0.6 is 11.8 Å². The molecule has 2 heterocycles. The topological polar surface area (TPSA) is 68.5 Å². The van der Waals surface area contributed by atoms with E-state index >= 15 is 0 Å². The molecule has 0 N–H and O–H groups in total. The van der Waals surface area contributed by atoms with Crippen molar-refractivity contribution in [3.05, 3.63) is 35.2 Å². The smallest absolute Gasteiger partial charge is 0.277 e. The van der Waals surface area contributed by atoms with Crippen molar-refractivity contribution in [3.8, 4) is 5.75 Å². The first-order valence-electron chi connectivity index (χ1n) is 9.33. The fourth-order valence-corrected chi connectivity index (χ4v) is 4.12. The fraction of sp³-hybridized carbons (Fsp3) is 0.550. The van der Waals surface area contributed by atoms with Gasteiger partial charge < -0.3 is 14.1 Å². The van der Waals surface area contributed by atoms with Gasteiger partial charge in [-0.2, -0.15) is 0 Å². The van der Waals surface area contributed by atoms with E-state index in [2.05, 4.69) is 24.0 Å². The lowest BCUT2D eigenvalue weighted by atomic mass is 9.92. The van der Waals surface area contributed by atoms with E-state index in [1.165, 1.54) is 18.2 Å². The van der Waals surface area contributed by atoms with Gasteiger partial charge in [0.25, 0.3) is 11.1 Å². The van der Waals surface area contributed by atoms with Gasteiger partial charge in [-0.15, -0.1) is 10.2 Å². The number of aromatic nitrogens is 2. The number of hydrogen-bond donors (Lipinski definition) is 0. The number of likely N-dealkylation sites (tertiary alicyclic amines) is 1. The number of amides is 1. The summed E-state index contributed by atoms with van der Waals surface area (Å²) in [5.74, 6) is 2.78. The molecule has 2 unspecified atom stereocenters. The van der Waals surface area contributed by atoms with Crippen molar-refractivity contribution in [2.75, 3.05) is 18.8 Å². The SMILES string of the molecule is Cc1ccc(C)c(OCc2nnc(SCC(=O)N3CC(C)CC(C)C3)o2)c1. The summed E-state index contributed by atoms with van der Waals surface area (Å²) in [7, 11) is 0. The van der Waals surface area contributed by atoms with Crippen LogP contribution in [-0.2, 0) is 11.4 Å². The zero-order valence-corrected chi connectivity index (χ0v) is 17.2. The Bertz CT molecular complexity index is 783. The van der Waals surface area contributed by atoms with E-state index < -0.39 is 0 Å². The van der Waals surface area contributed by atoms with Gasteiger partial charge >= 0.3 is 0 Å². The molecule has 1 saturated heterocycles. The highest BCUT2D eigenvalue weighted by Crippen LogP contribution is 2.24. The summed E-state index contributed by atoms with van der Waals surface area (Å²) in [6.45, 7) is 10.3. The quantitative estimate of drug-likeness (QED) is 0.699. The van der Waals surface area contributed by atoms with Crippen LogP contribution in [0.25, 0.3) is 0 Å². The van der Waals surface area contributed by atoms with Gasteiger partial charge in [-0.25, -0.2) is 0 Å². The third-order valence-electron chi connectivity index (χ3n) is 4.68. The first-order valence-corrected chi connectivity index (χ1v) is 10.3. The van der Waals surface area contributed by atoms with Gasteiger partial charge in [0.1, 0.15) is 5.75 Å². The number of rotatable bonds is 6. The number of piperidine rings is 1. The molecule has 1 aromatic heterocycles. The Hall–Kier alpha value is -2.02. The van der Waals surface area contributed by atoms with Crippen LogP contribution in [0.3, 0.4) is 0 Å². The van der Waals surface area contributed by atoms with Gasteiger partial charge in [0, 0.05) is 13.1 Å². The number of carbonyl (C=O) groups is 1. The minimum Gasteiger partial charge on any atom is -0.484 e. The number of ether oxygens (including phenoxy) is 1. The van der Waals surface area contributed by atoms with Crippen LogP contribution in [0.4, 0.5) is 0 Å². The van der Waals surface area contributed by atoms with Crippen LogP contribution in [-0.4, -0.2) is 39.8 Å². The number of hydrogen-bond acceptors (Lipinski definition) is 6. The maximum Gasteiger partial charge on any atom is 0.277 e. The average molecular weight is 390 g/mol. The summed E-state index contributed by atoms with van der Waals surface area (Å²) in [6, 6.07) is 6.05. The second kappa shape index (κ2) is 8.78. The van der Waals surface area contributed by atoms with E-state index in [1.54, 1.807) is 0 Å². The van der Waals surface area contributed by atoms with Gasteiger partial charge in [-0.1, -0.05) is 37.7 Å². The van der Waals surface area contributed by atoms with E-state index in [0.29, 0.717) is 28.7 Å². The van der Waals surface area contributed by atoms with Gasteiger partial charge in [-0.05, 0) is 49.3 Å². The molecule has 0 spiro atoms. The second-order valence-electron chi connectivity index (χ2n) is 7.55. The summed E-state index contributed by atoms with van der Waals surface area (Å²) in [4.78, 5) is 14.4. The monoisotopic (exact) mass is 389 g/mol. The molecule has 0 radical (unpaired) electrons. The van der Waals surface area contributed by atoms with E-state index in [1.807, 2.05) is 36.9 Å². The molecular weight excluding hydrogens is 362 g/mol. The Balaban J connectivity index is 1.49. The molecule has 0 aliphatic carbocycles. The predicted octanol–water partition coefficient (Wildman–Crippen LogP) is 3.86. The molecule has 1 aromatic carbocycles. The lowest BCUT2D eigenvalue weighted by Crippen LogP contribution is -2.43. The highest BCUT2D eigenvalue weighted by Gasteiger charge is 2.25. The van der Waals surface area contributed by atoms with Crippen molar-refractivity contribution in [2.24, 2.45) is 11.8 Å². The normalized spacial score (nSPS) is 19.9. The molecule has 0 saturated carbocycles. The van der Waals surface area contributed by atoms with Crippen LogP contribution in [0.2, 0.25) is 0 Å². The highest BCUT2D eigenvalue weighted by atomic mass is 32.2. The predicted molar refractivity (Wildman–Crippen MR) is 105 cm³/mol. The summed E-state index contributed by atoms with van der Waals surface area (Å²) in [6.07, 6.45) is 1.18. The van der Waals surface area contributed by atoms with Crippen molar-refractivity contribution in [2.45, 2.75) is 45.9 Å². The third kappa shape index (κ3) is 5.48. The number of thioether (sulfide) groups is 1. The molecule has 1 amide bonds. The maximum atomic E-state index is 12.4. The van der Waals surface area contributed by atoms with Crippen LogP contribution in [0.1, 0.15) is 37.3 Å². The van der Waals surface area contributed by atoms with E-state index in [0.717, 1.165) is 30.0 Å². The van der Waals surface area contributed by atoms with E-state index in [-0.39, 0.29) is 12.5 Å². The molecule has 7 heteroatoms. The molecule has 1 aliphatic rings. The molecule has 27 heavy (non-hydrogen) atoms. The van der Waals surface area contributed by atoms with E-state index in [4.69, 9.17) is 9.15 Å². The Morgan fingerprint density at radius 3 is 2.74 bits per heavy atom. The van der Waals surface area contributed by atoms with Crippen molar-refractivity contribution >= 4 is 17.7 Å². The summed E-state index contributed by atoms with van der Waals surface area (Å²) in [5.41, 5.74) is 2.20. The molecular formula is C20H27N3O3S. The summed E-state index contributed by atoms with van der Waals surface area (Å²) < 4.78 is 11.4. The van der Waals surface area contributed by atoms with Gasteiger partial charge in [0.05, 0.1) is 5.75 Å². The number of aryl methyl sites for hydroxylation is 2. The molecule has 2 atom stereocenters. The van der Waals surface area contributed by atoms with Gasteiger partial charge in [0.15, 0.2) is 6.61 Å². The number of benzene rings is 1. The summed E-state index contributed by atoms with van der Waals surface area (Å²) in [5, 5.41) is 8.43. The fourth-order valence-electron chi connectivity index (χ4n) is 3.44. The van der Waals surface area contributed by atoms with Crippen molar-refractivity contribution in [3.63, 3.8) is 0 Å². The Labute approximate surface area is 164 Å². The lowest BCUT2D eigenvalue weighted by Gasteiger charge is -2.34. The molecule has 6 nitrogen and oxygen atoms in total. The number of nitrogens with zero attached hydrogens (tertiary/aromatic N) is 3. The lowest BCUT2D eigenvalue weighted by molar-refractivity contribution is -0.130. The third-order valence-corrected chi connectivity index (χ3v) is 5.49. The second-order valence-corrected chi connectivity index (χ2v) is 8.48.